The predicted octanol–water partition coefficient (Wildman–Crippen LogP) is 6.42. The Balaban J connectivity index is 1.43. The minimum Gasteiger partial charge on any atom is -0.394 e. The second-order valence-electron chi connectivity index (χ2n) is 21.4. The first-order chi connectivity index (χ1) is 41.8. The van der Waals surface area contributed by atoms with Crippen LogP contribution in [0.15, 0.2) is 146 Å². The second-order valence-corrected chi connectivity index (χ2v) is 21.4. The zero-order valence-corrected chi connectivity index (χ0v) is 50.7. The maximum atomic E-state index is 13.3. The summed E-state index contributed by atoms with van der Waals surface area (Å²) >= 11 is 0. The van der Waals surface area contributed by atoms with E-state index in [1.807, 2.05) is 0 Å². The molecule has 0 bridgehead atoms. The predicted molar refractivity (Wildman–Crippen MR) is 332 cm³/mol. The summed E-state index contributed by atoms with van der Waals surface area (Å²) in [4.78, 5) is 13.3. The zero-order valence-electron chi connectivity index (χ0n) is 50.7. The Hall–Kier alpha value is -4.33. The minimum atomic E-state index is -1.99. The number of aliphatic hydroxyl groups excluding tert-OH is 11. The fourth-order valence-electron chi connectivity index (χ4n) is 9.34. The molecule has 12 N–H and O–H groups in total. The highest BCUT2D eigenvalue weighted by Crippen LogP contribution is 2.33. The number of carbonyl (C=O) groups is 1. The van der Waals surface area contributed by atoms with Gasteiger partial charge in [0.2, 0.25) is 5.91 Å². The van der Waals surface area contributed by atoms with E-state index in [1.165, 1.54) is 0 Å². The molecule has 3 aliphatic heterocycles. The van der Waals surface area contributed by atoms with Crippen molar-refractivity contribution < 1.29 is 89.4 Å². The molecule has 3 saturated heterocycles. The highest BCUT2D eigenvalue weighted by molar-refractivity contribution is 5.76. The number of ether oxygens (including phenoxy) is 6. The molecule has 1 amide bonds. The number of nitrogens with one attached hydrogen (secondary N) is 1. The van der Waals surface area contributed by atoms with Crippen molar-refractivity contribution in [2.24, 2.45) is 0 Å². The van der Waals surface area contributed by atoms with Crippen LogP contribution in [0.5, 0.6) is 0 Å². The number of carbonyl (C=O) groups excluding carboxylic acids is 1. The van der Waals surface area contributed by atoms with E-state index in [9.17, 15) is 61.0 Å². The molecule has 0 radical (unpaired) electrons. The first-order valence-corrected chi connectivity index (χ1v) is 31.1. The van der Waals surface area contributed by atoms with E-state index in [0.717, 1.165) is 103 Å². The second kappa shape index (κ2) is 47.6. The number of aliphatic hydroxyl groups is 11. The monoisotopic (exact) mass is 1210 g/mol. The van der Waals surface area contributed by atoms with E-state index in [0.29, 0.717) is 12.8 Å². The van der Waals surface area contributed by atoms with Crippen LogP contribution < -0.4 is 5.32 Å². The van der Waals surface area contributed by atoms with Crippen LogP contribution in [0.4, 0.5) is 0 Å². The average Bonchev–Trinajstić information content (AvgIpc) is 1.89. The van der Waals surface area contributed by atoms with Gasteiger partial charge in [-0.3, -0.25) is 4.79 Å². The largest absolute Gasteiger partial charge is 0.394 e. The third-order valence-electron chi connectivity index (χ3n) is 14.4. The lowest BCUT2D eigenvalue weighted by Crippen LogP contribution is -2.66. The third kappa shape index (κ3) is 30.3. The molecule has 0 saturated carbocycles. The lowest BCUT2D eigenvalue weighted by molar-refractivity contribution is -0.379. The highest BCUT2D eigenvalue weighted by atomic mass is 16.8. The summed E-state index contributed by atoms with van der Waals surface area (Å²) < 4.78 is 34.1. The molecule has 3 rings (SSSR count). The van der Waals surface area contributed by atoms with Gasteiger partial charge in [0.1, 0.15) is 73.2 Å². The van der Waals surface area contributed by atoms with Crippen molar-refractivity contribution in [1.29, 1.82) is 0 Å². The molecule has 486 valence electrons. The van der Waals surface area contributed by atoms with E-state index >= 15 is 0 Å². The Bertz CT molecular complexity index is 2130. The number of hydrogen-bond acceptors (Lipinski definition) is 18. The van der Waals surface area contributed by atoms with Crippen LogP contribution in [-0.2, 0) is 33.2 Å². The van der Waals surface area contributed by atoms with Gasteiger partial charge in [-0.1, -0.05) is 166 Å². The van der Waals surface area contributed by atoms with Gasteiger partial charge in [-0.15, -0.1) is 0 Å². The molecule has 0 aromatic rings. The van der Waals surface area contributed by atoms with Crippen molar-refractivity contribution >= 4 is 5.91 Å². The van der Waals surface area contributed by atoms with Gasteiger partial charge in [0.05, 0.1) is 38.6 Å². The molecule has 17 atom stereocenters. The van der Waals surface area contributed by atoms with Crippen LogP contribution in [0.2, 0.25) is 0 Å². The molecule has 19 nitrogen and oxygen atoms in total. The third-order valence-corrected chi connectivity index (χ3v) is 14.4. The lowest BCUT2D eigenvalue weighted by atomic mass is 9.96. The summed E-state index contributed by atoms with van der Waals surface area (Å²) in [5.74, 6) is -0.333. The maximum Gasteiger partial charge on any atom is 0.220 e. The molecular formula is C67H105NO18. The van der Waals surface area contributed by atoms with Gasteiger partial charge in [-0.05, 0) is 109 Å². The number of hydrogen-bond donors (Lipinski definition) is 12. The summed E-state index contributed by atoms with van der Waals surface area (Å²) in [5, 5.41) is 120. The number of unbranched alkanes of at least 4 members (excludes halogenated alkanes) is 5. The number of allylic oxidation sites excluding steroid dienone is 23. The van der Waals surface area contributed by atoms with Crippen LogP contribution >= 0.6 is 0 Å². The van der Waals surface area contributed by atoms with Gasteiger partial charge >= 0.3 is 0 Å². The Morgan fingerprint density at radius 3 is 1.23 bits per heavy atom. The highest BCUT2D eigenvalue weighted by Gasteiger charge is 2.53. The lowest BCUT2D eigenvalue weighted by Gasteiger charge is -2.48. The smallest absolute Gasteiger partial charge is 0.220 e. The average molecular weight is 1210 g/mol. The van der Waals surface area contributed by atoms with Crippen LogP contribution in [0.3, 0.4) is 0 Å². The summed E-state index contributed by atoms with van der Waals surface area (Å²) in [5.41, 5.74) is 0. The fourth-order valence-corrected chi connectivity index (χ4v) is 9.34. The van der Waals surface area contributed by atoms with Crippen LogP contribution in [-0.4, -0.2) is 193 Å². The number of amides is 1. The van der Waals surface area contributed by atoms with Crippen molar-refractivity contribution in [2.75, 3.05) is 26.4 Å². The quantitative estimate of drug-likeness (QED) is 0.0231. The van der Waals surface area contributed by atoms with Gasteiger partial charge in [0.25, 0.3) is 0 Å². The van der Waals surface area contributed by atoms with Gasteiger partial charge in [-0.2, -0.15) is 0 Å². The molecule has 3 fully saturated rings. The van der Waals surface area contributed by atoms with Crippen molar-refractivity contribution in [2.45, 2.75) is 240 Å². The normalized spacial score (nSPS) is 29.8. The summed E-state index contributed by atoms with van der Waals surface area (Å²) in [6.45, 7) is 1.37. The SMILES string of the molecule is CC/C=C\C/C=C\C/C=C\C/C=C\C/C=C\C/C=C\C/C=C\C/C=C\C/C=C\CCCCCC(=O)NC(COC1OC(CO)C(OC2OC(CO)C(OC3OC(CO)C(O)C(O)C3O)C(O)C2O)C(O)C1O)C(O)/C=C/CC/C=C/CC/C=C/CC. The van der Waals surface area contributed by atoms with Crippen molar-refractivity contribution in [1.82, 2.24) is 5.32 Å². The van der Waals surface area contributed by atoms with E-state index in [-0.39, 0.29) is 12.3 Å². The number of rotatable bonds is 43. The molecule has 17 unspecified atom stereocenters. The molecule has 0 aromatic carbocycles. The van der Waals surface area contributed by atoms with E-state index in [4.69, 9.17) is 28.4 Å². The summed E-state index contributed by atoms with van der Waals surface area (Å²) in [6, 6.07) is -1.02. The van der Waals surface area contributed by atoms with Crippen molar-refractivity contribution in [3.05, 3.63) is 146 Å². The Labute approximate surface area is 511 Å². The molecule has 19 heteroatoms. The Morgan fingerprint density at radius 1 is 0.419 bits per heavy atom. The first kappa shape index (κ1) is 75.9. The summed E-state index contributed by atoms with van der Waals surface area (Å²) in [7, 11) is 0. The van der Waals surface area contributed by atoms with E-state index < -0.39 is 131 Å². The Kier molecular flexibility index (Phi) is 42.1. The molecule has 0 aromatic heterocycles. The van der Waals surface area contributed by atoms with Crippen LogP contribution in [0, 0.1) is 0 Å². The van der Waals surface area contributed by atoms with E-state index in [1.54, 1.807) is 12.2 Å². The van der Waals surface area contributed by atoms with Crippen molar-refractivity contribution in [3.8, 4) is 0 Å². The minimum absolute atomic E-state index is 0.180. The molecule has 3 aliphatic rings. The van der Waals surface area contributed by atoms with E-state index in [2.05, 4.69) is 153 Å². The van der Waals surface area contributed by atoms with Gasteiger partial charge in [-0.25, -0.2) is 0 Å². The molecule has 0 aliphatic carbocycles. The van der Waals surface area contributed by atoms with Crippen LogP contribution in [0.25, 0.3) is 0 Å². The molecule has 0 spiro atoms. The zero-order chi connectivity index (χ0) is 62.6. The van der Waals surface area contributed by atoms with Crippen LogP contribution in [0.1, 0.15) is 136 Å². The molecule has 86 heavy (non-hydrogen) atoms. The summed E-state index contributed by atoms with van der Waals surface area (Å²) in [6.07, 6.45) is 40.0. The Morgan fingerprint density at radius 2 is 0.779 bits per heavy atom. The fraction of sp³-hybridized carbons (Fsp3) is 0.627. The molecular weight excluding hydrogens is 1110 g/mol. The van der Waals surface area contributed by atoms with Gasteiger partial charge in [0.15, 0.2) is 18.9 Å². The van der Waals surface area contributed by atoms with Gasteiger partial charge in [0, 0.05) is 6.42 Å². The molecule has 3 heterocycles. The van der Waals surface area contributed by atoms with Gasteiger partial charge < -0.3 is 89.9 Å². The maximum absolute atomic E-state index is 13.3. The van der Waals surface area contributed by atoms with Crippen molar-refractivity contribution in [3.63, 3.8) is 0 Å². The first-order valence-electron chi connectivity index (χ1n) is 31.1. The standard InChI is InChI=1S/C67H105NO18/c1-3-5-7-9-11-13-15-16-17-18-19-20-21-22-23-24-25-26-27-28-29-30-31-32-33-34-35-37-39-41-43-45-55(73)68-50(51(72)44-42-40-38-36-14-12-10-8-6-4-2)49-81-65-61(79)58(76)63(53(47-70)83-65)86-67-62(80)59(77)64(54(48-71)84-67)85-66-60(78)57(75)56(74)52(46-69)82-66/h5-8,11,13-14,16-17,19-20,22-23,25-26,28-29,31-32,34-36,42,44,50-54,56-67,69-72,74-80H,3-4,9-10,12,15,18,21,24,27,30,33,37-41,43,45-49H2,1-2H3,(H,68,73)/b7-5-,8-6+,13-11-,17-16-,20-19-,23-22-,26-25-,29-28-,32-31-,35-34-,36-14+,44-42+. The topological polar surface area (TPSA) is 307 Å².